The van der Waals surface area contributed by atoms with Gasteiger partial charge in [-0.3, -0.25) is 0 Å². The third-order valence-corrected chi connectivity index (χ3v) is 3.29. The molecule has 0 saturated heterocycles. The molecule has 2 heterocycles. The Kier molecular flexibility index (Phi) is 2.89. The van der Waals surface area contributed by atoms with Crippen LogP contribution in [0.5, 0.6) is 0 Å². The average Bonchev–Trinajstić information content (AvgIpc) is 2.77. The molecule has 0 atom stereocenters. The summed E-state index contributed by atoms with van der Waals surface area (Å²) in [4.78, 5) is 8.73. The second-order valence-electron chi connectivity index (χ2n) is 4.10. The number of nitrogens with zero attached hydrogens (tertiary/aromatic N) is 2. The zero-order valence-corrected chi connectivity index (χ0v) is 11.2. The van der Waals surface area contributed by atoms with E-state index in [1.807, 2.05) is 24.3 Å². The van der Waals surface area contributed by atoms with Crippen molar-refractivity contribution < 1.29 is 0 Å². The number of aromatic nitrogens is 2. The predicted octanol–water partition coefficient (Wildman–Crippen LogP) is 2.17. The minimum absolute atomic E-state index is 0.535. The highest BCUT2D eigenvalue weighted by atomic mass is 79.9. The van der Waals surface area contributed by atoms with Crippen LogP contribution in [-0.2, 0) is 13.1 Å². The maximum absolute atomic E-state index is 5.92. The van der Waals surface area contributed by atoms with Gasteiger partial charge in [-0.15, -0.1) is 0 Å². The van der Waals surface area contributed by atoms with Crippen molar-refractivity contribution in [2.45, 2.75) is 13.1 Å². The highest BCUT2D eigenvalue weighted by Crippen LogP contribution is 2.23. The third kappa shape index (κ3) is 2.16. The van der Waals surface area contributed by atoms with E-state index in [1.54, 1.807) is 0 Å². The number of benzene rings is 1. The van der Waals surface area contributed by atoms with E-state index in [0.29, 0.717) is 11.8 Å². The lowest BCUT2D eigenvalue weighted by Gasteiger charge is -2.08. The Morgan fingerprint density at radius 2 is 2.17 bits per heavy atom. The Morgan fingerprint density at radius 3 is 3.00 bits per heavy atom. The topological polar surface area (TPSA) is 75.9 Å². The maximum Gasteiger partial charge on any atom is 0.229 e. The first-order chi connectivity index (χ1) is 8.72. The highest BCUT2D eigenvalue weighted by molar-refractivity contribution is 9.10. The molecule has 1 aliphatic rings. The maximum atomic E-state index is 5.92. The summed E-state index contributed by atoms with van der Waals surface area (Å²) in [6.07, 6.45) is 0. The van der Waals surface area contributed by atoms with E-state index in [0.717, 1.165) is 34.5 Å². The van der Waals surface area contributed by atoms with Gasteiger partial charge in [-0.2, -0.15) is 4.98 Å². The largest absolute Gasteiger partial charge is 0.383 e. The lowest BCUT2D eigenvalue weighted by molar-refractivity contribution is 0.758. The van der Waals surface area contributed by atoms with Crippen LogP contribution < -0.4 is 16.4 Å². The van der Waals surface area contributed by atoms with Crippen molar-refractivity contribution in [3.8, 4) is 0 Å². The summed E-state index contributed by atoms with van der Waals surface area (Å²) < 4.78 is 1.00. The van der Waals surface area contributed by atoms with Gasteiger partial charge in [-0.05, 0) is 18.2 Å². The molecular weight excluding hydrogens is 294 g/mol. The molecule has 6 heteroatoms. The Balaban J connectivity index is 1.92. The number of hydrogen-bond acceptors (Lipinski definition) is 5. The van der Waals surface area contributed by atoms with Crippen LogP contribution >= 0.6 is 15.9 Å². The molecule has 5 nitrogen and oxygen atoms in total. The molecule has 0 saturated carbocycles. The van der Waals surface area contributed by atoms with Gasteiger partial charge in [-0.25, -0.2) is 4.98 Å². The fourth-order valence-corrected chi connectivity index (χ4v) is 2.34. The summed E-state index contributed by atoms with van der Waals surface area (Å²) in [5.74, 6) is 1.08. The number of nitrogens with two attached hydrogens (primary N) is 1. The summed E-state index contributed by atoms with van der Waals surface area (Å²) in [6, 6.07) is 7.83. The van der Waals surface area contributed by atoms with Crippen LogP contribution in [0, 0.1) is 0 Å². The molecule has 1 aromatic carbocycles. The van der Waals surface area contributed by atoms with Crippen LogP contribution in [0.2, 0.25) is 0 Å². The van der Waals surface area contributed by atoms with Gasteiger partial charge < -0.3 is 16.4 Å². The SMILES string of the molecule is Nc1nc(Nc2cccc(Br)c2)nc2c1CNC2. The van der Waals surface area contributed by atoms with E-state index >= 15 is 0 Å². The van der Waals surface area contributed by atoms with Gasteiger partial charge in [0.15, 0.2) is 0 Å². The minimum Gasteiger partial charge on any atom is -0.383 e. The van der Waals surface area contributed by atoms with Crippen LogP contribution in [0.3, 0.4) is 0 Å². The van der Waals surface area contributed by atoms with Gasteiger partial charge >= 0.3 is 0 Å². The van der Waals surface area contributed by atoms with Crippen molar-refractivity contribution >= 4 is 33.4 Å². The number of nitrogen functional groups attached to an aromatic ring is 1. The second kappa shape index (κ2) is 4.55. The summed E-state index contributed by atoms with van der Waals surface area (Å²) >= 11 is 3.42. The molecule has 1 aromatic heterocycles. The lowest BCUT2D eigenvalue weighted by Crippen LogP contribution is -2.05. The molecule has 0 spiro atoms. The van der Waals surface area contributed by atoms with Crippen LogP contribution in [0.4, 0.5) is 17.5 Å². The second-order valence-corrected chi connectivity index (χ2v) is 5.01. The molecule has 0 bridgehead atoms. The van der Waals surface area contributed by atoms with Gasteiger partial charge in [-0.1, -0.05) is 22.0 Å². The first-order valence-electron chi connectivity index (χ1n) is 5.61. The third-order valence-electron chi connectivity index (χ3n) is 2.80. The van der Waals surface area contributed by atoms with Crippen molar-refractivity contribution in [3.63, 3.8) is 0 Å². The Bertz CT molecular complexity index is 599. The number of halogens is 1. The molecule has 0 radical (unpaired) electrons. The molecule has 4 N–H and O–H groups in total. The zero-order chi connectivity index (χ0) is 12.5. The van der Waals surface area contributed by atoms with E-state index in [-0.39, 0.29) is 0 Å². The van der Waals surface area contributed by atoms with Crippen LogP contribution in [0.25, 0.3) is 0 Å². The van der Waals surface area contributed by atoms with Crippen LogP contribution in [-0.4, -0.2) is 9.97 Å². The highest BCUT2D eigenvalue weighted by Gasteiger charge is 2.17. The summed E-state index contributed by atoms with van der Waals surface area (Å²) in [6.45, 7) is 1.49. The average molecular weight is 306 g/mol. The molecule has 92 valence electrons. The van der Waals surface area contributed by atoms with E-state index in [2.05, 4.69) is 36.5 Å². The van der Waals surface area contributed by atoms with Crippen molar-refractivity contribution in [1.82, 2.24) is 15.3 Å². The smallest absolute Gasteiger partial charge is 0.229 e. The monoisotopic (exact) mass is 305 g/mol. The van der Waals surface area contributed by atoms with Crippen LogP contribution in [0.1, 0.15) is 11.3 Å². The normalized spacial score (nSPS) is 13.4. The van der Waals surface area contributed by atoms with E-state index < -0.39 is 0 Å². The van der Waals surface area contributed by atoms with Crippen molar-refractivity contribution in [2.75, 3.05) is 11.1 Å². The standard InChI is InChI=1S/C12H12BrN5/c13-7-2-1-3-8(4-7)16-12-17-10-6-15-5-9(10)11(14)18-12/h1-4,15H,5-6H2,(H3,14,16,17,18). The van der Waals surface area contributed by atoms with Crippen molar-refractivity contribution in [1.29, 1.82) is 0 Å². The first kappa shape index (κ1) is 11.4. The van der Waals surface area contributed by atoms with Gasteiger partial charge in [0.25, 0.3) is 0 Å². The molecule has 0 amide bonds. The Morgan fingerprint density at radius 1 is 1.28 bits per heavy atom. The molecule has 18 heavy (non-hydrogen) atoms. The summed E-state index contributed by atoms with van der Waals surface area (Å²) in [5.41, 5.74) is 8.82. The summed E-state index contributed by atoms with van der Waals surface area (Å²) in [7, 11) is 0. The van der Waals surface area contributed by atoms with Crippen LogP contribution in [0.15, 0.2) is 28.7 Å². The number of nitrogens with one attached hydrogen (secondary N) is 2. The molecule has 0 unspecified atom stereocenters. The minimum atomic E-state index is 0.535. The number of rotatable bonds is 2. The molecule has 2 aromatic rings. The number of anilines is 3. The fraction of sp³-hybridized carbons (Fsp3) is 0.167. The van der Waals surface area contributed by atoms with Crippen molar-refractivity contribution in [3.05, 3.63) is 40.0 Å². The van der Waals surface area contributed by atoms with Gasteiger partial charge in [0.05, 0.1) is 5.69 Å². The first-order valence-corrected chi connectivity index (χ1v) is 6.40. The number of fused-ring (bicyclic) bond motifs is 1. The molecule has 3 rings (SSSR count). The number of hydrogen-bond donors (Lipinski definition) is 3. The Hall–Kier alpha value is -1.66. The Labute approximate surface area is 113 Å². The molecule has 0 fully saturated rings. The van der Waals surface area contributed by atoms with Gasteiger partial charge in [0, 0.05) is 28.8 Å². The summed E-state index contributed by atoms with van der Waals surface area (Å²) in [5, 5.41) is 6.37. The predicted molar refractivity (Wildman–Crippen MR) is 74.4 cm³/mol. The van der Waals surface area contributed by atoms with Gasteiger partial charge in [0.1, 0.15) is 5.82 Å². The van der Waals surface area contributed by atoms with E-state index in [9.17, 15) is 0 Å². The van der Waals surface area contributed by atoms with Gasteiger partial charge in [0.2, 0.25) is 5.95 Å². The van der Waals surface area contributed by atoms with Crippen molar-refractivity contribution in [2.24, 2.45) is 0 Å². The molecular formula is C12H12BrN5. The van der Waals surface area contributed by atoms with E-state index in [1.165, 1.54) is 0 Å². The molecule has 0 aliphatic carbocycles. The van der Waals surface area contributed by atoms with E-state index in [4.69, 9.17) is 5.73 Å². The lowest BCUT2D eigenvalue weighted by atomic mass is 10.2. The zero-order valence-electron chi connectivity index (χ0n) is 9.57. The fourth-order valence-electron chi connectivity index (χ4n) is 1.95. The quantitative estimate of drug-likeness (QED) is 0.793. The molecule has 1 aliphatic heterocycles.